The SMILES string of the molecule is N#CCc1ccc(C2=CCN(Cc3ccccc3)CC2)cc1. The van der Waals surface area contributed by atoms with Gasteiger partial charge in [0.05, 0.1) is 12.5 Å². The molecule has 0 spiro atoms. The van der Waals surface area contributed by atoms with Crippen LogP contribution < -0.4 is 0 Å². The van der Waals surface area contributed by atoms with Crippen LogP contribution in [0.4, 0.5) is 0 Å². The van der Waals surface area contributed by atoms with Gasteiger partial charge >= 0.3 is 0 Å². The lowest BCUT2D eigenvalue weighted by Gasteiger charge is -2.26. The highest BCUT2D eigenvalue weighted by atomic mass is 15.1. The Morgan fingerprint density at radius 3 is 2.36 bits per heavy atom. The molecular weight excluding hydrogens is 268 g/mol. The van der Waals surface area contributed by atoms with Gasteiger partial charge < -0.3 is 0 Å². The smallest absolute Gasteiger partial charge is 0.0669 e. The molecule has 2 aromatic rings. The minimum absolute atomic E-state index is 0.490. The molecule has 0 atom stereocenters. The second kappa shape index (κ2) is 7.06. The number of benzene rings is 2. The van der Waals surface area contributed by atoms with Gasteiger partial charge in [-0.2, -0.15) is 5.26 Å². The molecule has 3 rings (SSSR count). The fourth-order valence-electron chi connectivity index (χ4n) is 2.89. The first-order chi connectivity index (χ1) is 10.8. The van der Waals surface area contributed by atoms with Crippen molar-refractivity contribution in [2.45, 2.75) is 19.4 Å². The van der Waals surface area contributed by atoms with Crippen LogP contribution in [0.2, 0.25) is 0 Å². The van der Waals surface area contributed by atoms with E-state index in [0.717, 1.165) is 31.6 Å². The third kappa shape index (κ3) is 3.63. The third-order valence-corrected chi connectivity index (χ3v) is 4.15. The Kier molecular flexibility index (Phi) is 4.68. The standard InChI is InChI=1S/C20H20N2/c21-13-10-17-6-8-19(9-7-17)20-11-14-22(15-12-20)16-18-4-2-1-3-5-18/h1-9,11H,10,12,14-16H2. The molecule has 0 radical (unpaired) electrons. The van der Waals surface area contributed by atoms with Crippen LogP contribution in [0.15, 0.2) is 60.7 Å². The van der Waals surface area contributed by atoms with E-state index in [2.05, 4.69) is 71.6 Å². The van der Waals surface area contributed by atoms with Crippen LogP contribution in [0.3, 0.4) is 0 Å². The fourth-order valence-corrected chi connectivity index (χ4v) is 2.89. The maximum Gasteiger partial charge on any atom is 0.0669 e. The van der Waals surface area contributed by atoms with Crippen LogP contribution in [0.1, 0.15) is 23.1 Å². The van der Waals surface area contributed by atoms with Crippen molar-refractivity contribution in [3.05, 3.63) is 77.4 Å². The molecule has 2 heteroatoms. The zero-order valence-electron chi connectivity index (χ0n) is 12.7. The van der Waals surface area contributed by atoms with E-state index in [9.17, 15) is 0 Å². The van der Waals surface area contributed by atoms with Crippen LogP contribution in [-0.2, 0) is 13.0 Å². The van der Waals surface area contributed by atoms with E-state index in [-0.39, 0.29) is 0 Å². The molecule has 2 nitrogen and oxygen atoms in total. The Labute approximate surface area is 132 Å². The average Bonchev–Trinajstić information content (AvgIpc) is 2.58. The predicted octanol–water partition coefficient (Wildman–Crippen LogP) is 4.04. The second-order valence-corrected chi connectivity index (χ2v) is 5.73. The molecule has 0 amide bonds. The lowest BCUT2D eigenvalue weighted by atomic mass is 9.97. The monoisotopic (exact) mass is 288 g/mol. The maximum atomic E-state index is 8.72. The van der Waals surface area contributed by atoms with Gasteiger partial charge in [-0.25, -0.2) is 0 Å². The Balaban J connectivity index is 1.62. The molecule has 0 aromatic heterocycles. The van der Waals surface area contributed by atoms with Gasteiger partial charge in [0.1, 0.15) is 0 Å². The van der Waals surface area contributed by atoms with E-state index in [1.54, 1.807) is 0 Å². The van der Waals surface area contributed by atoms with Crippen molar-refractivity contribution in [1.29, 1.82) is 5.26 Å². The summed E-state index contributed by atoms with van der Waals surface area (Å²) in [5.74, 6) is 0. The summed E-state index contributed by atoms with van der Waals surface area (Å²) in [6.45, 7) is 3.12. The van der Waals surface area contributed by atoms with Crippen molar-refractivity contribution in [3.8, 4) is 6.07 Å². The average molecular weight is 288 g/mol. The molecule has 0 N–H and O–H groups in total. The Bertz CT molecular complexity index is 678. The van der Waals surface area contributed by atoms with Crippen LogP contribution in [-0.4, -0.2) is 18.0 Å². The number of rotatable bonds is 4. The van der Waals surface area contributed by atoms with E-state index in [1.807, 2.05) is 0 Å². The molecule has 2 aromatic carbocycles. The number of hydrogen-bond donors (Lipinski definition) is 0. The van der Waals surface area contributed by atoms with Gasteiger partial charge in [0, 0.05) is 19.6 Å². The maximum absolute atomic E-state index is 8.72. The predicted molar refractivity (Wildman–Crippen MR) is 90.1 cm³/mol. The topological polar surface area (TPSA) is 27.0 Å². The summed E-state index contributed by atoms with van der Waals surface area (Å²) in [6, 6.07) is 21.2. The molecule has 0 aliphatic carbocycles. The highest BCUT2D eigenvalue weighted by molar-refractivity contribution is 5.66. The molecule has 1 aliphatic rings. The van der Waals surface area contributed by atoms with E-state index in [4.69, 9.17) is 5.26 Å². The summed E-state index contributed by atoms with van der Waals surface area (Å²) in [5.41, 5.74) is 5.18. The first-order valence-electron chi connectivity index (χ1n) is 7.77. The van der Waals surface area contributed by atoms with Crippen molar-refractivity contribution in [3.63, 3.8) is 0 Å². The zero-order valence-corrected chi connectivity index (χ0v) is 12.7. The summed E-state index contributed by atoms with van der Waals surface area (Å²) in [7, 11) is 0. The summed E-state index contributed by atoms with van der Waals surface area (Å²) >= 11 is 0. The van der Waals surface area contributed by atoms with E-state index in [0.29, 0.717) is 6.42 Å². The van der Waals surface area contributed by atoms with Crippen LogP contribution in [0.5, 0.6) is 0 Å². The molecule has 0 unspecified atom stereocenters. The van der Waals surface area contributed by atoms with Crippen LogP contribution >= 0.6 is 0 Å². The summed E-state index contributed by atoms with van der Waals surface area (Å²) < 4.78 is 0. The van der Waals surface area contributed by atoms with Gasteiger partial charge in [-0.1, -0.05) is 60.7 Å². The molecular formula is C20H20N2. The Morgan fingerprint density at radius 1 is 0.955 bits per heavy atom. The van der Waals surface area contributed by atoms with Crippen molar-refractivity contribution in [2.75, 3.05) is 13.1 Å². The van der Waals surface area contributed by atoms with Gasteiger partial charge in [-0.3, -0.25) is 4.90 Å². The lowest BCUT2D eigenvalue weighted by Crippen LogP contribution is -2.27. The highest BCUT2D eigenvalue weighted by Crippen LogP contribution is 2.23. The molecule has 1 heterocycles. The van der Waals surface area contributed by atoms with Gasteiger partial charge in [-0.05, 0) is 28.7 Å². The highest BCUT2D eigenvalue weighted by Gasteiger charge is 2.13. The van der Waals surface area contributed by atoms with Gasteiger partial charge in [0.2, 0.25) is 0 Å². The molecule has 22 heavy (non-hydrogen) atoms. The van der Waals surface area contributed by atoms with Crippen molar-refractivity contribution in [1.82, 2.24) is 4.90 Å². The minimum atomic E-state index is 0.490. The Morgan fingerprint density at radius 2 is 1.73 bits per heavy atom. The summed E-state index contributed by atoms with van der Waals surface area (Å²) in [5, 5.41) is 8.72. The number of nitrogens with zero attached hydrogens (tertiary/aromatic N) is 2. The first-order valence-corrected chi connectivity index (χ1v) is 7.77. The van der Waals surface area contributed by atoms with Gasteiger partial charge in [0.15, 0.2) is 0 Å². The molecule has 0 bridgehead atoms. The second-order valence-electron chi connectivity index (χ2n) is 5.73. The largest absolute Gasteiger partial charge is 0.295 e. The minimum Gasteiger partial charge on any atom is -0.295 e. The molecule has 0 saturated heterocycles. The normalized spacial score (nSPS) is 15.1. The fraction of sp³-hybridized carbons (Fsp3) is 0.250. The third-order valence-electron chi connectivity index (χ3n) is 4.15. The summed E-state index contributed by atoms with van der Waals surface area (Å²) in [6.07, 6.45) is 3.92. The molecule has 0 fully saturated rings. The first kappa shape index (κ1) is 14.6. The quantitative estimate of drug-likeness (QED) is 0.849. The van der Waals surface area contributed by atoms with Gasteiger partial charge in [0.25, 0.3) is 0 Å². The van der Waals surface area contributed by atoms with Crippen LogP contribution in [0, 0.1) is 11.3 Å². The molecule has 1 aliphatic heterocycles. The van der Waals surface area contributed by atoms with Crippen molar-refractivity contribution >= 4 is 5.57 Å². The van der Waals surface area contributed by atoms with Crippen molar-refractivity contribution in [2.24, 2.45) is 0 Å². The lowest BCUT2D eigenvalue weighted by molar-refractivity contribution is 0.294. The molecule has 110 valence electrons. The van der Waals surface area contributed by atoms with E-state index >= 15 is 0 Å². The number of nitriles is 1. The summed E-state index contributed by atoms with van der Waals surface area (Å²) in [4.78, 5) is 2.48. The van der Waals surface area contributed by atoms with Crippen LogP contribution in [0.25, 0.3) is 5.57 Å². The zero-order chi connectivity index (χ0) is 15.2. The van der Waals surface area contributed by atoms with E-state index in [1.165, 1.54) is 16.7 Å². The molecule has 0 saturated carbocycles. The van der Waals surface area contributed by atoms with E-state index < -0.39 is 0 Å². The van der Waals surface area contributed by atoms with Crippen molar-refractivity contribution < 1.29 is 0 Å². The number of hydrogen-bond acceptors (Lipinski definition) is 2. The van der Waals surface area contributed by atoms with Gasteiger partial charge in [-0.15, -0.1) is 0 Å². The Hall–Kier alpha value is -2.37.